The molecule has 21 heavy (non-hydrogen) atoms. The molecule has 1 aromatic heterocycles. The monoisotopic (exact) mass is 305 g/mol. The van der Waals surface area contributed by atoms with E-state index in [4.69, 9.17) is 16.7 Å². The van der Waals surface area contributed by atoms with Crippen LogP contribution in [0.5, 0.6) is 0 Å². The second kappa shape index (κ2) is 6.23. The highest BCUT2D eigenvalue weighted by molar-refractivity contribution is 6.33. The molecule has 0 atom stereocenters. The van der Waals surface area contributed by atoms with E-state index >= 15 is 0 Å². The van der Waals surface area contributed by atoms with Crippen LogP contribution in [0.3, 0.4) is 0 Å². The van der Waals surface area contributed by atoms with Gasteiger partial charge >= 0.3 is 12.0 Å². The lowest BCUT2D eigenvalue weighted by Gasteiger charge is -2.09. The molecule has 108 valence electrons. The third kappa shape index (κ3) is 3.93. The number of pyridine rings is 1. The predicted molar refractivity (Wildman–Crippen MR) is 80.0 cm³/mol. The normalized spacial score (nSPS) is 10.0. The molecule has 7 heteroatoms. The van der Waals surface area contributed by atoms with Gasteiger partial charge in [-0.05, 0) is 36.8 Å². The van der Waals surface area contributed by atoms with Crippen LogP contribution in [-0.4, -0.2) is 22.1 Å². The molecule has 1 aromatic carbocycles. The van der Waals surface area contributed by atoms with Crippen molar-refractivity contribution in [2.45, 2.75) is 6.92 Å². The molecule has 0 bridgehead atoms. The minimum atomic E-state index is -1.13. The number of halogens is 1. The number of aromatic nitrogens is 1. The van der Waals surface area contributed by atoms with E-state index in [1.54, 1.807) is 12.1 Å². The molecule has 0 aliphatic carbocycles. The van der Waals surface area contributed by atoms with Crippen LogP contribution in [0.2, 0.25) is 5.02 Å². The average Bonchev–Trinajstić information content (AvgIpc) is 2.42. The number of nitrogens with one attached hydrogen (secondary N) is 2. The number of carboxylic acid groups (broad SMARTS) is 1. The Labute approximate surface area is 125 Å². The summed E-state index contributed by atoms with van der Waals surface area (Å²) in [4.78, 5) is 26.2. The highest BCUT2D eigenvalue weighted by atomic mass is 35.5. The summed E-state index contributed by atoms with van der Waals surface area (Å²) in [6, 6.07) is 7.52. The summed E-state index contributed by atoms with van der Waals surface area (Å²) in [6.07, 6.45) is 1.26. The Balaban J connectivity index is 2.02. The van der Waals surface area contributed by atoms with Crippen molar-refractivity contribution < 1.29 is 14.7 Å². The first kappa shape index (κ1) is 14.8. The summed E-state index contributed by atoms with van der Waals surface area (Å²) >= 11 is 6.01. The van der Waals surface area contributed by atoms with E-state index in [0.717, 1.165) is 5.56 Å². The van der Waals surface area contributed by atoms with Gasteiger partial charge in [-0.1, -0.05) is 17.7 Å². The maximum Gasteiger partial charge on any atom is 0.354 e. The average molecular weight is 306 g/mol. The number of nitrogens with zero attached hydrogens (tertiary/aromatic N) is 1. The predicted octanol–water partition coefficient (Wildman–Crippen LogP) is 3.39. The van der Waals surface area contributed by atoms with Gasteiger partial charge in [0.15, 0.2) is 0 Å². The molecule has 0 saturated carbocycles. The number of amides is 2. The number of hydrogen-bond acceptors (Lipinski definition) is 3. The fourth-order valence-corrected chi connectivity index (χ4v) is 1.88. The van der Waals surface area contributed by atoms with Crippen LogP contribution in [-0.2, 0) is 0 Å². The molecule has 2 amide bonds. The van der Waals surface area contributed by atoms with Gasteiger partial charge in [0.1, 0.15) is 5.69 Å². The van der Waals surface area contributed by atoms with Crippen LogP contribution in [0.15, 0.2) is 36.5 Å². The molecule has 1 heterocycles. The van der Waals surface area contributed by atoms with E-state index in [1.165, 1.54) is 18.3 Å². The van der Waals surface area contributed by atoms with E-state index in [-0.39, 0.29) is 5.69 Å². The lowest BCUT2D eigenvalue weighted by atomic mass is 10.2. The van der Waals surface area contributed by atoms with Gasteiger partial charge in [0.05, 0.1) is 22.6 Å². The van der Waals surface area contributed by atoms with Gasteiger partial charge in [-0.25, -0.2) is 14.6 Å². The van der Waals surface area contributed by atoms with Crippen LogP contribution in [0, 0.1) is 6.92 Å². The molecule has 0 unspecified atom stereocenters. The molecule has 2 aromatic rings. The zero-order valence-corrected chi connectivity index (χ0v) is 11.8. The van der Waals surface area contributed by atoms with Crippen LogP contribution < -0.4 is 10.6 Å². The highest BCUT2D eigenvalue weighted by Crippen LogP contribution is 2.22. The van der Waals surface area contributed by atoms with Crippen molar-refractivity contribution in [1.29, 1.82) is 0 Å². The standard InChI is InChI=1S/C14H12ClN3O3/c1-8-2-4-11(10(15)6-8)18-14(21)17-9-3-5-12(13(19)20)16-7-9/h2-7H,1H3,(H,19,20)(H2,17,18,21). The van der Waals surface area contributed by atoms with Crippen molar-refractivity contribution in [3.05, 3.63) is 52.8 Å². The number of rotatable bonds is 3. The van der Waals surface area contributed by atoms with Gasteiger partial charge in [0.2, 0.25) is 0 Å². The summed E-state index contributed by atoms with van der Waals surface area (Å²) in [5.74, 6) is -1.13. The van der Waals surface area contributed by atoms with Crippen LogP contribution in [0.1, 0.15) is 16.1 Å². The van der Waals surface area contributed by atoms with E-state index in [1.807, 2.05) is 13.0 Å². The minimum Gasteiger partial charge on any atom is -0.477 e. The van der Waals surface area contributed by atoms with Crippen molar-refractivity contribution in [1.82, 2.24) is 4.98 Å². The number of aromatic carboxylic acids is 1. The van der Waals surface area contributed by atoms with Gasteiger partial charge in [0.25, 0.3) is 0 Å². The fraction of sp³-hybridized carbons (Fsp3) is 0.0714. The molecule has 0 aliphatic rings. The Morgan fingerprint density at radius 2 is 1.95 bits per heavy atom. The molecular formula is C14H12ClN3O3. The number of hydrogen-bond donors (Lipinski definition) is 3. The molecule has 2 rings (SSSR count). The Bertz CT molecular complexity index is 686. The fourth-order valence-electron chi connectivity index (χ4n) is 1.60. The number of urea groups is 1. The largest absolute Gasteiger partial charge is 0.477 e. The van der Waals surface area contributed by atoms with E-state index < -0.39 is 12.0 Å². The molecule has 6 nitrogen and oxygen atoms in total. The first-order chi connectivity index (χ1) is 9.95. The number of carbonyl (C=O) groups excluding carboxylic acids is 1. The van der Waals surface area contributed by atoms with Crippen LogP contribution in [0.4, 0.5) is 16.2 Å². The molecule has 3 N–H and O–H groups in total. The Kier molecular flexibility index (Phi) is 4.39. The second-order valence-corrected chi connectivity index (χ2v) is 4.71. The Morgan fingerprint density at radius 3 is 2.52 bits per heavy atom. The summed E-state index contributed by atoms with van der Waals surface area (Å²) in [6.45, 7) is 1.89. The molecule has 0 fully saturated rings. The molecule has 0 aliphatic heterocycles. The maximum absolute atomic E-state index is 11.8. The third-order valence-electron chi connectivity index (χ3n) is 2.61. The molecule has 0 radical (unpaired) electrons. The number of anilines is 2. The topological polar surface area (TPSA) is 91.3 Å². The number of aryl methyl sites for hydroxylation is 1. The molecule has 0 spiro atoms. The van der Waals surface area contributed by atoms with Crippen molar-refractivity contribution in [3.63, 3.8) is 0 Å². The SMILES string of the molecule is Cc1ccc(NC(=O)Nc2ccc(C(=O)O)nc2)c(Cl)c1. The van der Waals surface area contributed by atoms with Gasteiger partial charge < -0.3 is 15.7 Å². The van der Waals surface area contributed by atoms with Crippen LogP contribution in [0.25, 0.3) is 0 Å². The van der Waals surface area contributed by atoms with Gasteiger partial charge in [0, 0.05) is 0 Å². The number of carboxylic acids is 1. The van der Waals surface area contributed by atoms with Crippen molar-refractivity contribution >= 4 is 35.0 Å². The quantitative estimate of drug-likeness (QED) is 0.810. The third-order valence-corrected chi connectivity index (χ3v) is 2.93. The van der Waals surface area contributed by atoms with E-state index in [2.05, 4.69) is 15.6 Å². The summed E-state index contributed by atoms with van der Waals surface area (Å²) in [5.41, 5.74) is 1.75. The molecular weight excluding hydrogens is 294 g/mol. The lowest BCUT2D eigenvalue weighted by Crippen LogP contribution is -2.19. The maximum atomic E-state index is 11.8. The number of carbonyl (C=O) groups is 2. The zero-order valence-electron chi connectivity index (χ0n) is 11.1. The van der Waals surface area contributed by atoms with Gasteiger partial charge in [-0.2, -0.15) is 0 Å². The smallest absolute Gasteiger partial charge is 0.354 e. The summed E-state index contributed by atoms with van der Waals surface area (Å²) < 4.78 is 0. The number of benzene rings is 1. The van der Waals surface area contributed by atoms with Crippen molar-refractivity contribution in [2.75, 3.05) is 10.6 Å². The van der Waals surface area contributed by atoms with Crippen LogP contribution >= 0.6 is 11.6 Å². The van der Waals surface area contributed by atoms with E-state index in [0.29, 0.717) is 16.4 Å². The molecule has 0 saturated heterocycles. The first-order valence-electron chi connectivity index (χ1n) is 5.99. The van der Waals surface area contributed by atoms with E-state index in [9.17, 15) is 9.59 Å². The van der Waals surface area contributed by atoms with Gasteiger partial charge in [-0.3, -0.25) is 0 Å². The highest BCUT2D eigenvalue weighted by Gasteiger charge is 2.08. The van der Waals surface area contributed by atoms with Crippen molar-refractivity contribution in [3.8, 4) is 0 Å². The summed E-state index contributed by atoms with van der Waals surface area (Å²) in [5, 5.41) is 14.3. The minimum absolute atomic E-state index is 0.0949. The Hall–Kier alpha value is -2.60. The first-order valence-corrected chi connectivity index (χ1v) is 6.37. The lowest BCUT2D eigenvalue weighted by molar-refractivity contribution is 0.0690. The van der Waals surface area contributed by atoms with Crippen molar-refractivity contribution in [2.24, 2.45) is 0 Å². The zero-order chi connectivity index (χ0) is 15.4. The second-order valence-electron chi connectivity index (χ2n) is 4.30. The van der Waals surface area contributed by atoms with Gasteiger partial charge in [-0.15, -0.1) is 0 Å². The Morgan fingerprint density at radius 1 is 1.19 bits per heavy atom. The summed E-state index contributed by atoms with van der Waals surface area (Å²) in [7, 11) is 0.